The van der Waals surface area contributed by atoms with Gasteiger partial charge >= 0.3 is 0 Å². The summed E-state index contributed by atoms with van der Waals surface area (Å²) in [6.45, 7) is 6.60. The van der Waals surface area contributed by atoms with Gasteiger partial charge in [0, 0.05) is 28.0 Å². The molecule has 0 N–H and O–H groups in total. The van der Waals surface area contributed by atoms with Crippen LogP contribution in [0.25, 0.3) is 10.9 Å². The summed E-state index contributed by atoms with van der Waals surface area (Å²) in [6.07, 6.45) is 2.24. The zero-order chi connectivity index (χ0) is 11.7. The highest BCUT2D eigenvalue weighted by atomic mass is 33.5. The summed E-state index contributed by atoms with van der Waals surface area (Å²) in [7, 11) is 3.21. The minimum absolute atomic E-state index is 0.500. The molecule has 0 aliphatic carbocycles. The highest BCUT2D eigenvalue weighted by Crippen LogP contribution is 2.40. The van der Waals surface area contributed by atoms with E-state index in [1.54, 1.807) is 10.8 Å². The van der Waals surface area contributed by atoms with Gasteiger partial charge < -0.3 is 4.57 Å². The van der Waals surface area contributed by atoms with E-state index in [0.29, 0.717) is 6.04 Å². The van der Waals surface area contributed by atoms with Crippen LogP contribution in [0, 0.1) is 6.92 Å². The van der Waals surface area contributed by atoms with E-state index in [2.05, 4.69) is 61.4 Å². The number of aryl methyl sites for hydroxylation is 1. The van der Waals surface area contributed by atoms with Crippen molar-refractivity contribution in [1.82, 2.24) is 4.57 Å². The lowest BCUT2D eigenvalue weighted by Gasteiger charge is -2.09. The molecule has 0 atom stereocenters. The molecular formula is C12H15NS3. The van der Waals surface area contributed by atoms with E-state index in [1.165, 1.54) is 31.2 Å². The van der Waals surface area contributed by atoms with Gasteiger partial charge in [0.25, 0.3) is 0 Å². The van der Waals surface area contributed by atoms with Gasteiger partial charge in [-0.25, -0.2) is 0 Å². The standard InChI is InChI=1S/C12H15NS3/c1-8(2)13-7-9(3)12-10(13)5-4-6-11(12)15-16-14/h4-8,14H,1-3H3. The van der Waals surface area contributed by atoms with Crippen LogP contribution in [0.3, 0.4) is 0 Å². The van der Waals surface area contributed by atoms with Crippen molar-refractivity contribution in [3.8, 4) is 0 Å². The molecule has 1 aromatic carbocycles. The minimum atomic E-state index is 0.500. The first kappa shape index (κ1) is 12.3. The molecule has 0 spiro atoms. The van der Waals surface area contributed by atoms with E-state index >= 15 is 0 Å². The van der Waals surface area contributed by atoms with E-state index < -0.39 is 0 Å². The average molecular weight is 269 g/mol. The summed E-state index contributed by atoms with van der Waals surface area (Å²) in [5.41, 5.74) is 2.66. The van der Waals surface area contributed by atoms with Crippen molar-refractivity contribution in [1.29, 1.82) is 0 Å². The van der Waals surface area contributed by atoms with E-state index in [1.807, 2.05) is 0 Å². The Balaban J connectivity index is 2.69. The van der Waals surface area contributed by atoms with Gasteiger partial charge in [-0.2, -0.15) is 0 Å². The zero-order valence-corrected chi connectivity index (χ0v) is 12.1. The molecule has 4 heteroatoms. The molecule has 1 nitrogen and oxygen atoms in total. The third-order valence-corrected chi connectivity index (χ3v) is 4.72. The highest BCUT2D eigenvalue weighted by Gasteiger charge is 2.11. The van der Waals surface area contributed by atoms with Gasteiger partial charge in [-0.05, 0) is 59.1 Å². The molecule has 0 saturated heterocycles. The maximum absolute atomic E-state index is 4.21. The number of thiol groups is 1. The lowest BCUT2D eigenvalue weighted by atomic mass is 10.2. The topological polar surface area (TPSA) is 4.93 Å². The monoisotopic (exact) mass is 269 g/mol. The Morgan fingerprint density at radius 2 is 2.06 bits per heavy atom. The van der Waals surface area contributed by atoms with E-state index in [4.69, 9.17) is 0 Å². The summed E-state index contributed by atoms with van der Waals surface area (Å²) in [5, 5.41) is 1.36. The van der Waals surface area contributed by atoms with Crippen molar-refractivity contribution in [3.05, 3.63) is 30.0 Å². The number of rotatable bonds is 3. The van der Waals surface area contributed by atoms with Gasteiger partial charge in [-0.3, -0.25) is 0 Å². The Bertz CT molecular complexity index is 502. The number of hydrogen-bond donors (Lipinski definition) is 1. The number of fused-ring (bicyclic) bond motifs is 1. The fraction of sp³-hybridized carbons (Fsp3) is 0.333. The lowest BCUT2D eigenvalue weighted by Crippen LogP contribution is -1.97. The largest absolute Gasteiger partial charge is 0.345 e. The van der Waals surface area contributed by atoms with Crippen LogP contribution in [0.1, 0.15) is 25.5 Å². The molecule has 0 amide bonds. The molecule has 0 bridgehead atoms. The summed E-state index contributed by atoms with van der Waals surface area (Å²) in [5.74, 6) is 0. The molecule has 0 radical (unpaired) electrons. The minimum Gasteiger partial charge on any atom is -0.345 e. The number of hydrogen-bond acceptors (Lipinski definition) is 3. The van der Waals surface area contributed by atoms with Crippen molar-refractivity contribution in [2.45, 2.75) is 31.7 Å². The molecule has 0 aliphatic heterocycles. The molecule has 86 valence electrons. The normalized spacial score (nSPS) is 11.6. The van der Waals surface area contributed by atoms with Crippen molar-refractivity contribution >= 4 is 43.2 Å². The second-order valence-electron chi connectivity index (χ2n) is 4.12. The van der Waals surface area contributed by atoms with Crippen LogP contribution in [-0.2, 0) is 0 Å². The first-order valence-electron chi connectivity index (χ1n) is 5.23. The lowest BCUT2D eigenvalue weighted by molar-refractivity contribution is 0.622. The molecule has 2 aromatic rings. The Hall–Kier alpha value is -0.190. The van der Waals surface area contributed by atoms with Crippen LogP contribution in [0.15, 0.2) is 29.3 Å². The Morgan fingerprint density at radius 1 is 1.31 bits per heavy atom. The van der Waals surface area contributed by atoms with Crippen LogP contribution in [-0.4, -0.2) is 4.57 Å². The van der Waals surface area contributed by atoms with Crippen molar-refractivity contribution in [3.63, 3.8) is 0 Å². The quantitative estimate of drug-likeness (QED) is 0.610. The second kappa shape index (κ2) is 4.98. The van der Waals surface area contributed by atoms with E-state index in [9.17, 15) is 0 Å². The van der Waals surface area contributed by atoms with Gasteiger partial charge in [-0.15, -0.1) is 0 Å². The average Bonchev–Trinajstić information content (AvgIpc) is 2.58. The zero-order valence-electron chi connectivity index (χ0n) is 9.60. The molecule has 0 unspecified atom stereocenters. The number of nitrogens with zero attached hydrogens (tertiary/aromatic N) is 1. The highest BCUT2D eigenvalue weighted by molar-refractivity contribution is 9.05. The fourth-order valence-electron chi connectivity index (χ4n) is 2.01. The maximum atomic E-state index is 4.21. The second-order valence-corrected chi connectivity index (χ2v) is 7.17. The summed E-state index contributed by atoms with van der Waals surface area (Å²) < 4.78 is 2.33. The molecule has 0 fully saturated rings. The smallest absolute Gasteiger partial charge is 0.0497 e. The Morgan fingerprint density at radius 3 is 2.69 bits per heavy atom. The Labute approximate surface area is 109 Å². The first-order chi connectivity index (χ1) is 7.65. The van der Waals surface area contributed by atoms with Gasteiger partial charge in [0.05, 0.1) is 0 Å². The van der Waals surface area contributed by atoms with Gasteiger partial charge in [0.15, 0.2) is 0 Å². The van der Waals surface area contributed by atoms with Crippen molar-refractivity contribution < 1.29 is 0 Å². The molecule has 0 aliphatic rings. The van der Waals surface area contributed by atoms with Gasteiger partial charge in [-0.1, -0.05) is 17.7 Å². The third kappa shape index (κ3) is 2.11. The van der Waals surface area contributed by atoms with Crippen LogP contribution in [0.2, 0.25) is 0 Å². The molecule has 1 heterocycles. The van der Waals surface area contributed by atoms with Crippen LogP contribution < -0.4 is 0 Å². The van der Waals surface area contributed by atoms with Crippen LogP contribution in [0.5, 0.6) is 0 Å². The van der Waals surface area contributed by atoms with Crippen LogP contribution >= 0.6 is 32.3 Å². The molecule has 0 saturated carbocycles. The van der Waals surface area contributed by atoms with Gasteiger partial charge in [0.2, 0.25) is 0 Å². The summed E-state index contributed by atoms with van der Waals surface area (Å²) >= 11 is 4.21. The summed E-state index contributed by atoms with van der Waals surface area (Å²) in [4.78, 5) is 1.30. The molecule has 2 rings (SSSR count). The molecule has 1 aromatic heterocycles. The van der Waals surface area contributed by atoms with Crippen molar-refractivity contribution in [2.24, 2.45) is 0 Å². The van der Waals surface area contributed by atoms with Crippen LogP contribution in [0.4, 0.5) is 0 Å². The summed E-state index contributed by atoms with van der Waals surface area (Å²) in [6, 6.07) is 6.97. The number of aromatic nitrogens is 1. The predicted octanol–water partition coefficient (Wildman–Crippen LogP) is 5.12. The van der Waals surface area contributed by atoms with Gasteiger partial charge in [0.1, 0.15) is 0 Å². The molecule has 16 heavy (non-hydrogen) atoms. The SMILES string of the molecule is Cc1cn(C(C)C)c2cccc(SSS)c12. The van der Waals surface area contributed by atoms with Crippen molar-refractivity contribution in [2.75, 3.05) is 0 Å². The Kier molecular flexibility index (Phi) is 3.82. The predicted molar refractivity (Wildman–Crippen MR) is 79.5 cm³/mol. The molecular weight excluding hydrogens is 254 g/mol. The third-order valence-electron chi connectivity index (χ3n) is 2.69. The van der Waals surface area contributed by atoms with E-state index in [0.717, 1.165) is 0 Å². The fourth-order valence-corrected chi connectivity index (χ4v) is 3.95. The first-order valence-corrected chi connectivity index (χ1v) is 8.43. The number of benzene rings is 1. The van der Waals surface area contributed by atoms with E-state index in [-0.39, 0.29) is 0 Å². The maximum Gasteiger partial charge on any atom is 0.0497 e.